The van der Waals surface area contributed by atoms with Crippen molar-refractivity contribution in [1.29, 1.82) is 0 Å². The van der Waals surface area contributed by atoms with E-state index in [1.807, 2.05) is 55.5 Å². The van der Waals surface area contributed by atoms with Crippen LogP contribution in [0.3, 0.4) is 0 Å². The number of anilines is 1. The van der Waals surface area contributed by atoms with E-state index in [-0.39, 0.29) is 5.91 Å². The largest absolute Gasteiger partial charge is 0.371 e. The summed E-state index contributed by atoms with van der Waals surface area (Å²) in [5.74, 6) is 0.549. The zero-order valence-corrected chi connectivity index (χ0v) is 17.5. The number of hydrogen-bond acceptors (Lipinski definition) is 5. The molecule has 5 rings (SSSR count). The van der Waals surface area contributed by atoms with E-state index in [4.69, 9.17) is 21.6 Å². The third-order valence-electron chi connectivity index (χ3n) is 5.72. The molecule has 6 nitrogen and oxygen atoms in total. The Morgan fingerprint density at radius 3 is 2.63 bits per heavy atom. The van der Waals surface area contributed by atoms with Gasteiger partial charge in [0.05, 0.1) is 17.9 Å². The smallest absolute Gasteiger partial charge is 0.284 e. The summed E-state index contributed by atoms with van der Waals surface area (Å²) in [6.45, 7) is 5.87. The second kappa shape index (κ2) is 7.70. The van der Waals surface area contributed by atoms with Gasteiger partial charge < -0.3 is 10.2 Å². The Labute approximate surface area is 180 Å². The number of nitrogens with one attached hydrogen (secondary N) is 1. The molecular formula is C23H22ClN5O. The second-order valence-electron chi connectivity index (χ2n) is 7.53. The van der Waals surface area contributed by atoms with E-state index in [1.165, 1.54) is 0 Å². The van der Waals surface area contributed by atoms with Crippen LogP contribution in [0.15, 0.2) is 69.9 Å². The monoisotopic (exact) mass is 419 g/mol. The Bertz CT molecular complexity index is 1100. The molecule has 2 aromatic carbocycles. The van der Waals surface area contributed by atoms with Crippen LogP contribution < -0.4 is 10.2 Å². The molecule has 1 saturated heterocycles. The van der Waals surface area contributed by atoms with Crippen LogP contribution in [0.5, 0.6) is 0 Å². The van der Waals surface area contributed by atoms with Crippen LogP contribution in [0.1, 0.15) is 18.1 Å². The zero-order chi connectivity index (χ0) is 20.7. The van der Waals surface area contributed by atoms with Gasteiger partial charge in [-0.2, -0.15) is 0 Å². The minimum absolute atomic E-state index is 0.103. The summed E-state index contributed by atoms with van der Waals surface area (Å²) in [6.07, 6.45) is 0. The van der Waals surface area contributed by atoms with E-state index in [9.17, 15) is 4.79 Å². The van der Waals surface area contributed by atoms with Crippen LogP contribution in [0, 0.1) is 0 Å². The maximum atomic E-state index is 13.5. The van der Waals surface area contributed by atoms with E-state index < -0.39 is 0 Å². The van der Waals surface area contributed by atoms with Crippen molar-refractivity contribution in [3.05, 3.63) is 76.1 Å². The van der Waals surface area contributed by atoms with Crippen LogP contribution in [0.2, 0.25) is 5.02 Å². The third kappa shape index (κ3) is 3.22. The first-order valence-corrected chi connectivity index (χ1v) is 10.5. The Hall–Kier alpha value is -2.96. The number of nitrogens with zero attached hydrogens (tertiary/aromatic N) is 4. The summed E-state index contributed by atoms with van der Waals surface area (Å²) in [4.78, 5) is 27.0. The first kappa shape index (κ1) is 19.0. The maximum absolute atomic E-state index is 13.5. The number of amides is 1. The second-order valence-corrected chi connectivity index (χ2v) is 7.97. The third-order valence-corrected chi connectivity index (χ3v) is 5.95. The fourth-order valence-corrected chi connectivity index (χ4v) is 4.33. The van der Waals surface area contributed by atoms with Gasteiger partial charge in [0.2, 0.25) is 0 Å². The molecule has 1 amide bonds. The Balaban J connectivity index is 1.62. The summed E-state index contributed by atoms with van der Waals surface area (Å²) in [5.41, 5.74) is 4.85. The lowest BCUT2D eigenvalue weighted by Gasteiger charge is -2.30. The summed E-state index contributed by atoms with van der Waals surface area (Å²) < 4.78 is 0. The zero-order valence-electron chi connectivity index (χ0n) is 16.7. The summed E-state index contributed by atoms with van der Waals surface area (Å²) in [7, 11) is 0. The average molecular weight is 420 g/mol. The van der Waals surface area contributed by atoms with Gasteiger partial charge in [-0.05, 0) is 25.1 Å². The lowest BCUT2D eigenvalue weighted by Crippen LogP contribution is -2.43. The molecule has 0 aromatic heterocycles. The summed E-state index contributed by atoms with van der Waals surface area (Å²) in [6, 6.07) is 15.5. The summed E-state index contributed by atoms with van der Waals surface area (Å²) >= 11 is 6.33. The number of rotatable bonds is 2. The molecular weight excluding hydrogens is 398 g/mol. The van der Waals surface area contributed by atoms with Gasteiger partial charge in [0, 0.05) is 48.0 Å². The van der Waals surface area contributed by atoms with Crippen LogP contribution >= 0.6 is 11.6 Å². The lowest BCUT2D eigenvalue weighted by molar-refractivity contribution is -0.114. The highest BCUT2D eigenvalue weighted by atomic mass is 35.5. The highest BCUT2D eigenvalue weighted by Crippen LogP contribution is 2.34. The molecule has 30 heavy (non-hydrogen) atoms. The minimum atomic E-state index is -0.103. The maximum Gasteiger partial charge on any atom is 0.284 e. The number of benzene rings is 2. The molecule has 3 aliphatic heterocycles. The van der Waals surface area contributed by atoms with E-state index in [2.05, 4.69) is 10.2 Å². The fourth-order valence-electron chi connectivity index (χ4n) is 4.16. The van der Waals surface area contributed by atoms with Crippen LogP contribution in [0.25, 0.3) is 0 Å². The Morgan fingerprint density at radius 2 is 1.87 bits per heavy atom. The van der Waals surface area contributed by atoms with Gasteiger partial charge in [0.15, 0.2) is 0 Å². The van der Waals surface area contributed by atoms with Crippen molar-refractivity contribution in [2.24, 2.45) is 9.98 Å². The molecule has 0 spiro atoms. The van der Waals surface area contributed by atoms with Crippen LogP contribution in [-0.4, -0.2) is 55.1 Å². The predicted molar refractivity (Wildman–Crippen MR) is 120 cm³/mol. The van der Waals surface area contributed by atoms with Crippen molar-refractivity contribution in [3.63, 3.8) is 0 Å². The van der Waals surface area contributed by atoms with Gasteiger partial charge in [-0.3, -0.25) is 14.7 Å². The molecule has 0 bridgehead atoms. The van der Waals surface area contributed by atoms with Gasteiger partial charge in [0.25, 0.3) is 5.91 Å². The van der Waals surface area contributed by atoms with Crippen LogP contribution in [0.4, 0.5) is 5.69 Å². The fraction of sp³-hybridized carbons (Fsp3) is 0.261. The first-order valence-electron chi connectivity index (χ1n) is 10.1. The number of halogens is 1. The Morgan fingerprint density at radius 1 is 1.10 bits per heavy atom. The van der Waals surface area contributed by atoms with Crippen molar-refractivity contribution < 1.29 is 4.79 Å². The molecule has 0 saturated carbocycles. The number of carbonyl (C=O) groups is 1. The Kier molecular flexibility index (Phi) is 4.89. The van der Waals surface area contributed by atoms with E-state index in [0.29, 0.717) is 23.1 Å². The quantitative estimate of drug-likeness (QED) is 0.761. The number of aliphatic imine (C=N–C) groups is 2. The van der Waals surface area contributed by atoms with E-state index >= 15 is 0 Å². The normalized spacial score (nSPS) is 20.3. The van der Waals surface area contributed by atoms with E-state index in [0.717, 1.165) is 54.4 Å². The lowest BCUT2D eigenvalue weighted by atomic mass is 10.00. The molecule has 0 radical (unpaired) electrons. The number of amidine groups is 1. The molecule has 2 aromatic rings. The number of piperazine rings is 1. The van der Waals surface area contributed by atoms with Crippen molar-refractivity contribution in [2.45, 2.75) is 6.92 Å². The van der Waals surface area contributed by atoms with Crippen molar-refractivity contribution >= 4 is 34.7 Å². The molecule has 3 aliphatic rings. The first-order chi connectivity index (χ1) is 14.6. The molecule has 0 aliphatic carbocycles. The summed E-state index contributed by atoms with van der Waals surface area (Å²) in [5, 5.41) is 3.95. The van der Waals surface area contributed by atoms with Gasteiger partial charge in [0.1, 0.15) is 11.5 Å². The van der Waals surface area contributed by atoms with Crippen LogP contribution in [-0.2, 0) is 4.79 Å². The van der Waals surface area contributed by atoms with Gasteiger partial charge >= 0.3 is 0 Å². The number of allylic oxidation sites excluding steroid dienone is 1. The van der Waals surface area contributed by atoms with Gasteiger partial charge in [-0.15, -0.1) is 0 Å². The number of carbonyl (C=O) groups excluding carboxylic acids is 1. The highest BCUT2D eigenvalue weighted by molar-refractivity contribution is 6.34. The van der Waals surface area contributed by atoms with Crippen molar-refractivity contribution in [3.8, 4) is 0 Å². The number of fused-ring (bicyclic) bond motifs is 3. The highest BCUT2D eigenvalue weighted by Gasteiger charge is 2.37. The van der Waals surface area contributed by atoms with Gasteiger partial charge in [-0.1, -0.05) is 41.9 Å². The molecule has 7 heteroatoms. The minimum Gasteiger partial charge on any atom is -0.371 e. The molecule has 0 atom stereocenters. The molecule has 3 heterocycles. The SMILES string of the molecule is C/C(=C1/N=C2CN=C(c3ccccc3)c3cc(Cl)ccc3N2C1=O)N1CCNCC1. The predicted octanol–water partition coefficient (Wildman–Crippen LogP) is 3.07. The van der Waals surface area contributed by atoms with Crippen molar-refractivity contribution in [1.82, 2.24) is 10.2 Å². The molecule has 0 unspecified atom stereocenters. The van der Waals surface area contributed by atoms with Crippen molar-refractivity contribution in [2.75, 3.05) is 37.6 Å². The molecule has 1 N–H and O–H groups in total. The van der Waals surface area contributed by atoms with Gasteiger partial charge in [-0.25, -0.2) is 4.99 Å². The average Bonchev–Trinajstić information content (AvgIpc) is 3.01. The van der Waals surface area contributed by atoms with E-state index in [1.54, 1.807) is 4.90 Å². The molecule has 1 fully saturated rings. The number of hydrogen-bond donors (Lipinski definition) is 1. The standard InChI is InChI=1S/C23H22ClN5O/c1-15(28-11-9-25-10-12-28)21-23(30)29-19-8-7-17(24)13-18(19)22(26-14-20(29)27-21)16-5-3-2-4-6-16/h2-8,13,25H,9-12,14H2,1H3/b21-15-. The topological polar surface area (TPSA) is 60.3 Å². The molecule has 152 valence electrons.